The van der Waals surface area contributed by atoms with Crippen LogP contribution in [0.2, 0.25) is 0 Å². The maximum Gasteiger partial charge on any atom is 0.161 e. The number of aryl methyl sites for hydroxylation is 1. The molecular weight excluding hydrogens is 268 g/mol. The fourth-order valence-electron chi connectivity index (χ4n) is 2.12. The standard InChI is InChI=1S/C17H28O4/c1-3-4-5-6-11-21-16-10-8-14(12-17(16)20-2)7-9-15(19)13-18/h8,10,12,15,18-19H,3-7,9,11,13H2,1-2H3. The van der Waals surface area contributed by atoms with Crippen LogP contribution in [0.25, 0.3) is 0 Å². The third kappa shape index (κ3) is 6.82. The predicted octanol–water partition coefficient (Wildman–Crippen LogP) is 2.94. The van der Waals surface area contributed by atoms with E-state index in [9.17, 15) is 5.11 Å². The summed E-state index contributed by atoms with van der Waals surface area (Å²) >= 11 is 0. The van der Waals surface area contributed by atoms with Gasteiger partial charge in [0.15, 0.2) is 11.5 Å². The monoisotopic (exact) mass is 296 g/mol. The summed E-state index contributed by atoms with van der Waals surface area (Å²) in [7, 11) is 1.63. The summed E-state index contributed by atoms with van der Waals surface area (Å²) in [5.74, 6) is 1.49. The van der Waals surface area contributed by atoms with Gasteiger partial charge < -0.3 is 19.7 Å². The van der Waals surface area contributed by atoms with E-state index in [4.69, 9.17) is 14.6 Å². The van der Waals surface area contributed by atoms with Crippen LogP contribution in [0.5, 0.6) is 11.5 Å². The fourth-order valence-corrected chi connectivity index (χ4v) is 2.12. The first-order valence-corrected chi connectivity index (χ1v) is 7.79. The Labute approximate surface area is 127 Å². The van der Waals surface area contributed by atoms with E-state index in [1.165, 1.54) is 19.3 Å². The van der Waals surface area contributed by atoms with E-state index in [-0.39, 0.29) is 6.61 Å². The van der Waals surface area contributed by atoms with E-state index < -0.39 is 6.10 Å². The molecule has 4 nitrogen and oxygen atoms in total. The first-order valence-electron chi connectivity index (χ1n) is 7.79. The van der Waals surface area contributed by atoms with Gasteiger partial charge in [-0.1, -0.05) is 32.3 Å². The molecule has 0 heterocycles. The molecule has 0 aromatic heterocycles. The Balaban J connectivity index is 2.49. The number of hydrogen-bond donors (Lipinski definition) is 2. The SMILES string of the molecule is CCCCCCOc1ccc(CCC(O)CO)cc1OC. The Morgan fingerprint density at radius 3 is 2.62 bits per heavy atom. The van der Waals surface area contributed by atoms with Crippen molar-refractivity contribution in [3.63, 3.8) is 0 Å². The zero-order valence-corrected chi connectivity index (χ0v) is 13.2. The number of rotatable bonds is 11. The van der Waals surface area contributed by atoms with Crippen molar-refractivity contribution in [2.45, 2.75) is 51.6 Å². The van der Waals surface area contributed by atoms with Gasteiger partial charge in [0.05, 0.1) is 26.4 Å². The maximum atomic E-state index is 9.38. The number of hydrogen-bond acceptors (Lipinski definition) is 4. The van der Waals surface area contributed by atoms with Gasteiger partial charge in [-0.3, -0.25) is 0 Å². The van der Waals surface area contributed by atoms with Crippen LogP contribution < -0.4 is 9.47 Å². The van der Waals surface area contributed by atoms with E-state index in [1.54, 1.807) is 7.11 Å². The first-order chi connectivity index (χ1) is 10.2. The highest BCUT2D eigenvalue weighted by molar-refractivity contribution is 5.43. The van der Waals surface area contributed by atoms with Crippen molar-refractivity contribution < 1.29 is 19.7 Å². The van der Waals surface area contributed by atoms with Crippen molar-refractivity contribution in [2.24, 2.45) is 0 Å². The van der Waals surface area contributed by atoms with Crippen LogP contribution in [0.1, 0.15) is 44.6 Å². The molecule has 0 aliphatic rings. The van der Waals surface area contributed by atoms with Crippen LogP contribution in [0.15, 0.2) is 18.2 Å². The van der Waals surface area contributed by atoms with E-state index in [0.29, 0.717) is 19.4 Å². The van der Waals surface area contributed by atoms with E-state index in [0.717, 1.165) is 23.5 Å². The third-order valence-corrected chi connectivity index (χ3v) is 3.46. The number of unbranched alkanes of at least 4 members (excludes halogenated alkanes) is 3. The van der Waals surface area contributed by atoms with Crippen molar-refractivity contribution >= 4 is 0 Å². The normalized spacial score (nSPS) is 12.2. The highest BCUT2D eigenvalue weighted by atomic mass is 16.5. The molecule has 0 spiro atoms. The molecule has 0 saturated heterocycles. The van der Waals surface area contributed by atoms with E-state index >= 15 is 0 Å². The lowest BCUT2D eigenvalue weighted by molar-refractivity contribution is 0.0885. The topological polar surface area (TPSA) is 58.9 Å². The lowest BCUT2D eigenvalue weighted by Crippen LogP contribution is -2.12. The Morgan fingerprint density at radius 1 is 1.14 bits per heavy atom. The number of ether oxygens (including phenoxy) is 2. The Hall–Kier alpha value is -1.26. The van der Waals surface area contributed by atoms with Gasteiger partial charge in [-0.2, -0.15) is 0 Å². The second kappa shape index (κ2) is 10.5. The smallest absolute Gasteiger partial charge is 0.161 e. The van der Waals surface area contributed by atoms with E-state index in [2.05, 4.69) is 6.92 Å². The molecule has 0 fully saturated rings. The van der Waals surface area contributed by atoms with Gasteiger partial charge in [0, 0.05) is 0 Å². The summed E-state index contributed by atoms with van der Waals surface area (Å²) in [6, 6.07) is 5.83. The average Bonchev–Trinajstić information content (AvgIpc) is 2.52. The molecule has 2 N–H and O–H groups in total. The van der Waals surface area contributed by atoms with Gasteiger partial charge in [0.2, 0.25) is 0 Å². The maximum absolute atomic E-state index is 9.38. The number of aliphatic hydroxyl groups excluding tert-OH is 2. The summed E-state index contributed by atoms with van der Waals surface area (Å²) < 4.78 is 11.1. The summed E-state index contributed by atoms with van der Waals surface area (Å²) in [4.78, 5) is 0. The number of benzene rings is 1. The average molecular weight is 296 g/mol. The van der Waals surface area contributed by atoms with Crippen LogP contribution >= 0.6 is 0 Å². The van der Waals surface area contributed by atoms with Crippen molar-refractivity contribution in [3.05, 3.63) is 23.8 Å². The molecule has 0 amide bonds. The molecule has 1 aromatic carbocycles. The first kappa shape index (κ1) is 17.8. The molecule has 0 aliphatic heterocycles. The fraction of sp³-hybridized carbons (Fsp3) is 0.647. The second-order valence-electron chi connectivity index (χ2n) is 5.27. The molecule has 4 heteroatoms. The van der Waals surface area contributed by atoms with Crippen molar-refractivity contribution in [1.29, 1.82) is 0 Å². The number of aliphatic hydroxyl groups is 2. The minimum Gasteiger partial charge on any atom is -0.493 e. The molecule has 120 valence electrons. The van der Waals surface area contributed by atoms with Crippen LogP contribution in [-0.2, 0) is 6.42 Å². The molecule has 0 radical (unpaired) electrons. The van der Waals surface area contributed by atoms with Crippen LogP contribution in [-0.4, -0.2) is 36.6 Å². The molecular formula is C17H28O4. The largest absolute Gasteiger partial charge is 0.493 e. The molecule has 1 aromatic rings. The molecule has 1 unspecified atom stereocenters. The van der Waals surface area contributed by atoms with Gasteiger partial charge in [-0.15, -0.1) is 0 Å². The zero-order chi connectivity index (χ0) is 15.5. The molecule has 1 atom stereocenters. The zero-order valence-electron chi connectivity index (χ0n) is 13.2. The molecule has 21 heavy (non-hydrogen) atoms. The highest BCUT2D eigenvalue weighted by Gasteiger charge is 2.08. The predicted molar refractivity (Wildman–Crippen MR) is 84.0 cm³/mol. The Bertz CT molecular complexity index is 392. The van der Waals surface area contributed by atoms with Gasteiger partial charge in [0.25, 0.3) is 0 Å². The van der Waals surface area contributed by atoms with Gasteiger partial charge in [-0.25, -0.2) is 0 Å². The summed E-state index contributed by atoms with van der Waals surface area (Å²) in [6.45, 7) is 2.70. The Morgan fingerprint density at radius 2 is 1.95 bits per heavy atom. The second-order valence-corrected chi connectivity index (χ2v) is 5.27. The van der Waals surface area contributed by atoms with Crippen LogP contribution in [0, 0.1) is 0 Å². The van der Waals surface area contributed by atoms with Gasteiger partial charge in [0.1, 0.15) is 0 Å². The lowest BCUT2D eigenvalue weighted by atomic mass is 10.1. The molecule has 0 bridgehead atoms. The molecule has 0 aliphatic carbocycles. The molecule has 1 rings (SSSR count). The van der Waals surface area contributed by atoms with Gasteiger partial charge in [-0.05, 0) is 37.0 Å². The lowest BCUT2D eigenvalue weighted by Gasteiger charge is -2.13. The van der Waals surface area contributed by atoms with Crippen molar-refractivity contribution in [2.75, 3.05) is 20.3 Å². The van der Waals surface area contributed by atoms with Crippen LogP contribution in [0.3, 0.4) is 0 Å². The molecule has 0 saturated carbocycles. The Kier molecular flexibility index (Phi) is 8.87. The van der Waals surface area contributed by atoms with Crippen molar-refractivity contribution in [1.82, 2.24) is 0 Å². The number of methoxy groups -OCH3 is 1. The van der Waals surface area contributed by atoms with Crippen LogP contribution in [0.4, 0.5) is 0 Å². The van der Waals surface area contributed by atoms with Crippen molar-refractivity contribution in [3.8, 4) is 11.5 Å². The third-order valence-electron chi connectivity index (χ3n) is 3.46. The highest BCUT2D eigenvalue weighted by Crippen LogP contribution is 2.28. The summed E-state index contributed by atoms with van der Waals surface area (Å²) in [5.41, 5.74) is 1.07. The minimum atomic E-state index is -0.662. The van der Waals surface area contributed by atoms with Gasteiger partial charge >= 0.3 is 0 Å². The minimum absolute atomic E-state index is 0.198. The summed E-state index contributed by atoms with van der Waals surface area (Å²) in [5, 5.41) is 18.2. The quantitative estimate of drug-likeness (QED) is 0.616. The summed E-state index contributed by atoms with van der Waals surface area (Å²) in [6.07, 6.45) is 5.29. The van der Waals surface area contributed by atoms with E-state index in [1.807, 2.05) is 18.2 Å².